The lowest BCUT2D eigenvalue weighted by Gasteiger charge is -2.03. The van der Waals surface area contributed by atoms with Gasteiger partial charge in [0.1, 0.15) is 6.29 Å². The van der Waals surface area contributed by atoms with Crippen molar-refractivity contribution in [3.8, 4) is 0 Å². The van der Waals surface area contributed by atoms with E-state index in [2.05, 4.69) is 25.3 Å². The molecule has 0 aromatic rings. The van der Waals surface area contributed by atoms with Crippen molar-refractivity contribution in [2.45, 2.75) is 38.5 Å². The Hall–Kier alpha value is -1.11. The number of allylic oxidation sites excluding steroid dienone is 4. The van der Waals surface area contributed by atoms with E-state index in [4.69, 9.17) is 0 Å². The summed E-state index contributed by atoms with van der Waals surface area (Å²) in [5.41, 5.74) is 0. The molecular formula is C14H22O. The molecule has 0 aliphatic carbocycles. The summed E-state index contributed by atoms with van der Waals surface area (Å²) in [6.45, 7) is 7.32. The molecule has 0 bridgehead atoms. The lowest BCUT2D eigenvalue weighted by Crippen LogP contribution is -1.99. The second-order valence-corrected chi connectivity index (χ2v) is 3.69. The molecule has 0 aromatic heterocycles. The Bertz CT molecular complexity index is 203. The van der Waals surface area contributed by atoms with E-state index in [0.29, 0.717) is 0 Å². The highest BCUT2D eigenvalue weighted by atomic mass is 16.1. The summed E-state index contributed by atoms with van der Waals surface area (Å²) in [6.07, 6.45) is 15.2. The molecule has 0 N–H and O–H groups in total. The van der Waals surface area contributed by atoms with Gasteiger partial charge < -0.3 is 4.79 Å². The molecule has 0 aromatic carbocycles. The summed E-state index contributed by atoms with van der Waals surface area (Å²) < 4.78 is 0. The number of hydrogen-bond donors (Lipinski definition) is 0. The van der Waals surface area contributed by atoms with Gasteiger partial charge in [-0.1, -0.05) is 24.3 Å². The molecule has 84 valence electrons. The first-order valence-electron chi connectivity index (χ1n) is 5.67. The number of carbonyl (C=O) groups is 1. The van der Waals surface area contributed by atoms with E-state index in [1.54, 1.807) is 0 Å². The average Bonchev–Trinajstić information content (AvgIpc) is 2.26. The highest BCUT2D eigenvalue weighted by Gasteiger charge is 2.02. The van der Waals surface area contributed by atoms with E-state index in [0.717, 1.165) is 38.4 Å². The van der Waals surface area contributed by atoms with Crippen LogP contribution in [0.25, 0.3) is 0 Å². The van der Waals surface area contributed by atoms with Crippen molar-refractivity contribution in [3.63, 3.8) is 0 Å². The Kier molecular flexibility index (Phi) is 10.2. The minimum atomic E-state index is 0.153. The van der Waals surface area contributed by atoms with E-state index in [1.807, 2.05) is 12.2 Å². The summed E-state index contributed by atoms with van der Waals surface area (Å²) in [5.74, 6) is 0.153. The topological polar surface area (TPSA) is 17.1 Å². The summed E-state index contributed by atoms with van der Waals surface area (Å²) in [7, 11) is 0. The van der Waals surface area contributed by atoms with E-state index >= 15 is 0 Å². The third kappa shape index (κ3) is 9.20. The van der Waals surface area contributed by atoms with Crippen molar-refractivity contribution in [1.82, 2.24) is 0 Å². The minimum Gasteiger partial charge on any atom is -0.303 e. The largest absolute Gasteiger partial charge is 0.303 e. The number of unbranched alkanes of at least 4 members (excludes halogenated alkanes) is 2. The number of rotatable bonds is 10. The van der Waals surface area contributed by atoms with E-state index < -0.39 is 0 Å². The SMILES string of the molecule is C=CCCC/C=C/CCC(C=O)CC=C. The Balaban J connectivity index is 3.45. The third-order valence-corrected chi connectivity index (χ3v) is 2.31. The van der Waals surface area contributed by atoms with Crippen molar-refractivity contribution < 1.29 is 4.79 Å². The summed E-state index contributed by atoms with van der Waals surface area (Å²) in [4.78, 5) is 10.6. The molecule has 0 heterocycles. The highest BCUT2D eigenvalue weighted by molar-refractivity contribution is 5.53. The Morgan fingerprint density at radius 2 is 1.73 bits per heavy atom. The van der Waals surface area contributed by atoms with E-state index in [1.165, 1.54) is 6.42 Å². The average molecular weight is 206 g/mol. The summed E-state index contributed by atoms with van der Waals surface area (Å²) in [5, 5.41) is 0. The van der Waals surface area contributed by atoms with Gasteiger partial charge in [-0.15, -0.1) is 13.2 Å². The molecular weight excluding hydrogens is 184 g/mol. The monoisotopic (exact) mass is 206 g/mol. The normalized spacial score (nSPS) is 12.5. The van der Waals surface area contributed by atoms with Gasteiger partial charge in [-0.3, -0.25) is 0 Å². The van der Waals surface area contributed by atoms with Crippen molar-refractivity contribution in [2.24, 2.45) is 5.92 Å². The molecule has 0 rings (SSSR count). The molecule has 0 aliphatic heterocycles. The molecule has 1 unspecified atom stereocenters. The van der Waals surface area contributed by atoms with Crippen LogP contribution >= 0.6 is 0 Å². The quantitative estimate of drug-likeness (QED) is 0.299. The molecule has 1 heteroatoms. The fourth-order valence-corrected chi connectivity index (χ4v) is 1.38. The maximum Gasteiger partial charge on any atom is 0.123 e. The Labute approximate surface area is 93.6 Å². The second kappa shape index (κ2) is 11.0. The van der Waals surface area contributed by atoms with Gasteiger partial charge in [0, 0.05) is 5.92 Å². The van der Waals surface area contributed by atoms with Crippen LogP contribution in [0.3, 0.4) is 0 Å². The van der Waals surface area contributed by atoms with Gasteiger partial charge in [0.05, 0.1) is 0 Å². The van der Waals surface area contributed by atoms with Gasteiger partial charge >= 0.3 is 0 Å². The van der Waals surface area contributed by atoms with Crippen molar-refractivity contribution in [1.29, 1.82) is 0 Å². The number of hydrogen-bond acceptors (Lipinski definition) is 1. The van der Waals surface area contributed by atoms with E-state index in [-0.39, 0.29) is 5.92 Å². The molecule has 0 saturated carbocycles. The maximum absolute atomic E-state index is 10.6. The second-order valence-electron chi connectivity index (χ2n) is 3.69. The minimum absolute atomic E-state index is 0.153. The number of carbonyl (C=O) groups excluding carboxylic acids is 1. The molecule has 0 radical (unpaired) electrons. The predicted octanol–water partition coefficient (Wildman–Crippen LogP) is 4.07. The molecule has 0 saturated heterocycles. The van der Waals surface area contributed by atoms with E-state index in [9.17, 15) is 4.79 Å². The first-order valence-corrected chi connectivity index (χ1v) is 5.67. The summed E-state index contributed by atoms with van der Waals surface area (Å²) in [6, 6.07) is 0. The zero-order valence-corrected chi connectivity index (χ0v) is 9.53. The first kappa shape index (κ1) is 13.9. The van der Waals surface area contributed by atoms with Crippen LogP contribution in [-0.4, -0.2) is 6.29 Å². The van der Waals surface area contributed by atoms with Crippen LogP contribution in [0.15, 0.2) is 37.5 Å². The Morgan fingerprint density at radius 1 is 1.00 bits per heavy atom. The van der Waals surface area contributed by atoms with Crippen molar-refractivity contribution >= 4 is 6.29 Å². The van der Waals surface area contributed by atoms with Gasteiger partial charge in [-0.25, -0.2) is 0 Å². The van der Waals surface area contributed by atoms with Gasteiger partial charge in [-0.05, 0) is 38.5 Å². The van der Waals surface area contributed by atoms with Crippen LogP contribution in [0.5, 0.6) is 0 Å². The lowest BCUT2D eigenvalue weighted by atomic mass is 10.0. The van der Waals surface area contributed by atoms with Crippen LogP contribution in [0.2, 0.25) is 0 Å². The Morgan fingerprint density at radius 3 is 2.33 bits per heavy atom. The predicted molar refractivity (Wildman–Crippen MR) is 66.8 cm³/mol. The van der Waals surface area contributed by atoms with Gasteiger partial charge in [0.25, 0.3) is 0 Å². The molecule has 0 spiro atoms. The molecule has 0 amide bonds. The molecule has 0 aliphatic rings. The van der Waals surface area contributed by atoms with Crippen LogP contribution in [0.1, 0.15) is 38.5 Å². The van der Waals surface area contributed by atoms with Crippen LogP contribution in [-0.2, 0) is 4.79 Å². The standard InChI is InChI=1S/C14H22O/c1-3-5-6-7-8-9-10-12-14(13-15)11-4-2/h3-4,8-9,13-14H,1-2,5-7,10-12H2/b9-8+. The van der Waals surface area contributed by atoms with Crippen molar-refractivity contribution in [3.05, 3.63) is 37.5 Å². The zero-order valence-electron chi connectivity index (χ0n) is 9.53. The maximum atomic E-state index is 10.6. The molecule has 1 atom stereocenters. The lowest BCUT2D eigenvalue weighted by molar-refractivity contribution is -0.111. The first-order chi connectivity index (χ1) is 7.35. The van der Waals surface area contributed by atoms with Gasteiger partial charge in [0.15, 0.2) is 0 Å². The van der Waals surface area contributed by atoms with Gasteiger partial charge in [0.2, 0.25) is 0 Å². The van der Waals surface area contributed by atoms with Crippen LogP contribution in [0.4, 0.5) is 0 Å². The molecule has 1 nitrogen and oxygen atoms in total. The number of aldehydes is 1. The van der Waals surface area contributed by atoms with Gasteiger partial charge in [-0.2, -0.15) is 0 Å². The fraction of sp³-hybridized carbons (Fsp3) is 0.500. The van der Waals surface area contributed by atoms with Crippen LogP contribution < -0.4 is 0 Å². The van der Waals surface area contributed by atoms with Crippen LogP contribution in [0, 0.1) is 5.92 Å². The molecule has 15 heavy (non-hydrogen) atoms. The third-order valence-electron chi connectivity index (χ3n) is 2.31. The zero-order chi connectivity index (χ0) is 11.4. The van der Waals surface area contributed by atoms with Crippen molar-refractivity contribution in [2.75, 3.05) is 0 Å². The fourth-order valence-electron chi connectivity index (χ4n) is 1.38. The summed E-state index contributed by atoms with van der Waals surface area (Å²) >= 11 is 0. The smallest absolute Gasteiger partial charge is 0.123 e. The highest BCUT2D eigenvalue weighted by Crippen LogP contribution is 2.09. The molecule has 0 fully saturated rings.